The molecule has 2 aliphatic rings. The summed E-state index contributed by atoms with van der Waals surface area (Å²) in [5.74, 6) is 0.866. The molecular formula is C13H18BrN3. The highest BCUT2D eigenvalue weighted by Gasteiger charge is 2.43. The zero-order valence-electron chi connectivity index (χ0n) is 10.1. The van der Waals surface area contributed by atoms with Crippen molar-refractivity contribution < 1.29 is 0 Å². The number of pyridine rings is 1. The molecule has 0 bridgehead atoms. The molecule has 17 heavy (non-hydrogen) atoms. The van der Waals surface area contributed by atoms with Crippen molar-refractivity contribution >= 4 is 21.6 Å². The third-order valence-corrected chi connectivity index (χ3v) is 4.40. The van der Waals surface area contributed by atoms with Gasteiger partial charge in [-0.25, -0.2) is 0 Å². The molecule has 1 aromatic heterocycles. The van der Waals surface area contributed by atoms with Gasteiger partial charge in [-0.3, -0.25) is 4.98 Å². The Morgan fingerprint density at radius 1 is 1.47 bits per heavy atom. The lowest BCUT2D eigenvalue weighted by atomic mass is 9.93. The van der Waals surface area contributed by atoms with Crippen LogP contribution in [-0.4, -0.2) is 30.2 Å². The molecular weight excluding hydrogens is 278 g/mol. The minimum absolute atomic E-state index is 0.292. The van der Waals surface area contributed by atoms with Crippen LogP contribution in [-0.2, 0) is 0 Å². The molecule has 1 unspecified atom stereocenters. The SMILES string of the molecule is CC1(C2CC2)CN(c2cncc(Br)c2)CCN1. The van der Waals surface area contributed by atoms with Gasteiger partial charge in [0.25, 0.3) is 0 Å². The van der Waals surface area contributed by atoms with Crippen LogP contribution in [0, 0.1) is 5.92 Å². The van der Waals surface area contributed by atoms with Crippen LogP contribution in [0.4, 0.5) is 5.69 Å². The van der Waals surface area contributed by atoms with Crippen molar-refractivity contribution in [3.63, 3.8) is 0 Å². The van der Waals surface area contributed by atoms with E-state index in [-0.39, 0.29) is 0 Å². The zero-order valence-corrected chi connectivity index (χ0v) is 11.7. The summed E-state index contributed by atoms with van der Waals surface area (Å²) in [4.78, 5) is 6.71. The third kappa shape index (κ3) is 2.33. The average Bonchev–Trinajstić information content (AvgIpc) is 3.13. The highest BCUT2D eigenvalue weighted by Crippen LogP contribution is 2.41. The highest BCUT2D eigenvalue weighted by atomic mass is 79.9. The van der Waals surface area contributed by atoms with E-state index in [0.29, 0.717) is 5.54 Å². The van der Waals surface area contributed by atoms with Crippen molar-refractivity contribution in [2.45, 2.75) is 25.3 Å². The molecule has 1 saturated heterocycles. The van der Waals surface area contributed by atoms with Gasteiger partial charge in [0, 0.05) is 35.8 Å². The van der Waals surface area contributed by atoms with Crippen molar-refractivity contribution in [3.05, 3.63) is 22.9 Å². The second-order valence-corrected chi connectivity index (χ2v) is 6.32. The predicted octanol–water partition coefficient (Wildman–Crippen LogP) is 2.42. The van der Waals surface area contributed by atoms with Crippen LogP contribution in [0.2, 0.25) is 0 Å². The molecule has 0 aromatic carbocycles. The Kier molecular flexibility index (Phi) is 2.87. The topological polar surface area (TPSA) is 28.2 Å². The molecule has 1 atom stereocenters. The molecule has 3 rings (SSSR count). The summed E-state index contributed by atoms with van der Waals surface area (Å²) in [6.07, 6.45) is 6.57. The first-order valence-electron chi connectivity index (χ1n) is 6.28. The van der Waals surface area contributed by atoms with Crippen molar-refractivity contribution in [3.8, 4) is 0 Å². The Morgan fingerprint density at radius 2 is 2.29 bits per heavy atom. The number of rotatable bonds is 2. The van der Waals surface area contributed by atoms with E-state index in [9.17, 15) is 0 Å². The minimum Gasteiger partial charge on any atom is -0.367 e. The van der Waals surface area contributed by atoms with Gasteiger partial charge < -0.3 is 10.2 Å². The Balaban J connectivity index is 1.79. The van der Waals surface area contributed by atoms with Crippen LogP contribution in [0.15, 0.2) is 22.9 Å². The van der Waals surface area contributed by atoms with E-state index in [4.69, 9.17) is 0 Å². The lowest BCUT2D eigenvalue weighted by Crippen LogP contribution is -2.60. The maximum atomic E-state index is 4.26. The van der Waals surface area contributed by atoms with Gasteiger partial charge in [-0.05, 0) is 47.7 Å². The van der Waals surface area contributed by atoms with Crippen molar-refractivity contribution in [2.75, 3.05) is 24.5 Å². The van der Waals surface area contributed by atoms with Gasteiger partial charge in [0.05, 0.1) is 11.9 Å². The largest absolute Gasteiger partial charge is 0.367 e. The number of nitrogens with zero attached hydrogens (tertiary/aromatic N) is 2. The molecule has 0 spiro atoms. The van der Waals surface area contributed by atoms with Crippen LogP contribution in [0.1, 0.15) is 19.8 Å². The standard InChI is InChI=1S/C13H18BrN3/c1-13(10-2-3-10)9-17(5-4-16-13)12-6-11(14)7-15-8-12/h6-8,10,16H,2-5,9H2,1H3. The number of piperazine rings is 1. The smallest absolute Gasteiger partial charge is 0.0565 e. The summed E-state index contributed by atoms with van der Waals surface area (Å²) in [6.45, 7) is 5.60. The fourth-order valence-corrected chi connectivity index (χ4v) is 3.15. The number of aromatic nitrogens is 1. The molecule has 92 valence electrons. The normalized spacial score (nSPS) is 29.4. The summed E-state index contributed by atoms with van der Waals surface area (Å²) in [5.41, 5.74) is 1.52. The number of anilines is 1. The Labute approximate surface area is 111 Å². The lowest BCUT2D eigenvalue weighted by Gasteiger charge is -2.43. The first-order chi connectivity index (χ1) is 8.17. The van der Waals surface area contributed by atoms with Crippen LogP contribution in [0.3, 0.4) is 0 Å². The van der Waals surface area contributed by atoms with E-state index >= 15 is 0 Å². The van der Waals surface area contributed by atoms with Gasteiger partial charge in [0.1, 0.15) is 0 Å². The Bertz CT molecular complexity index is 419. The maximum absolute atomic E-state index is 4.26. The first kappa shape index (κ1) is 11.5. The van der Waals surface area contributed by atoms with Crippen molar-refractivity contribution in [1.82, 2.24) is 10.3 Å². The predicted molar refractivity (Wildman–Crippen MR) is 73.3 cm³/mol. The van der Waals surface area contributed by atoms with Gasteiger partial charge in [-0.2, -0.15) is 0 Å². The lowest BCUT2D eigenvalue weighted by molar-refractivity contribution is 0.285. The number of nitrogens with one attached hydrogen (secondary N) is 1. The molecule has 2 fully saturated rings. The van der Waals surface area contributed by atoms with Gasteiger partial charge in [0.2, 0.25) is 0 Å². The fourth-order valence-electron chi connectivity index (χ4n) is 2.80. The van der Waals surface area contributed by atoms with E-state index in [1.807, 2.05) is 12.4 Å². The molecule has 1 aliphatic carbocycles. The van der Waals surface area contributed by atoms with Crippen LogP contribution in [0.25, 0.3) is 0 Å². The third-order valence-electron chi connectivity index (χ3n) is 3.96. The van der Waals surface area contributed by atoms with Gasteiger partial charge in [-0.15, -0.1) is 0 Å². The van der Waals surface area contributed by atoms with E-state index in [1.54, 1.807) is 0 Å². The Hall–Kier alpha value is -0.610. The molecule has 4 heteroatoms. The molecule has 0 radical (unpaired) electrons. The van der Waals surface area contributed by atoms with E-state index < -0.39 is 0 Å². The fraction of sp³-hybridized carbons (Fsp3) is 0.615. The van der Waals surface area contributed by atoms with Crippen molar-refractivity contribution in [1.29, 1.82) is 0 Å². The summed E-state index contributed by atoms with van der Waals surface area (Å²) in [6, 6.07) is 2.16. The van der Waals surface area contributed by atoms with Crippen molar-refractivity contribution in [2.24, 2.45) is 5.92 Å². The van der Waals surface area contributed by atoms with Crippen LogP contribution >= 0.6 is 15.9 Å². The van der Waals surface area contributed by atoms with E-state index in [2.05, 4.69) is 44.1 Å². The number of hydrogen-bond donors (Lipinski definition) is 1. The summed E-state index contributed by atoms with van der Waals surface area (Å²) in [7, 11) is 0. The summed E-state index contributed by atoms with van der Waals surface area (Å²) < 4.78 is 1.06. The quantitative estimate of drug-likeness (QED) is 0.908. The van der Waals surface area contributed by atoms with Gasteiger partial charge in [-0.1, -0.05) is 0 Å². The number of hydrogen-bond acceptors (Lipinski definition) is 3. The maximum Gasteiger partial charge on any atom is 0.0565 e. The van der Waals surface area contributed by atoms with Gasteiger partial charge in [0.15, 0.2) is 0 Å². The zero-order chi connectivity index (χ0) is 11.9. The van der Waals surface area contributed by atoms with Gasteiger partial charge >= 0.3 is 0 Å². The molecule has 3 nitrogen and oxygen atoms in total. The molecule has 1 aliphatic heterocycles. The molecule has 0 amide bonds. The van der Waals surface area contributed by atoms with Crippen LogP contribution in [0.5, 0.6) is 0 Å². The first-order valence-corrected chi connectivity index (χ1v) is 7.07. The molecule has 1 saturated carbocycles. The monoisotopic (exact) mass is 295 g/mol. The average molecular weight is 296 g/mol. The Morgan fingerprint density at radius 3 is 3.00 bits per heavy atom. The summed E-state index contributed by atoms with van der Waals surface area (Å²) in [5, 5.41) is 3.70. The highest BCUT2D eigenvalue weighted by molar-refractivity contribution is 9.10. The summed E-state index contributed by atoms with van der Waals surface area (Å²) >= 11 is 3.49. The van der Waals surface area contributed by atoms with E-state index in [1.165, 1.54) is 18.5 Å². The molecule has 2 heterocycles. The molecule has 1 aromatic rings. The van der Waals surface area contributed by atoms with Crippen LogP contribution < -0.4 is 10.2 Å². The molecule has 1 N–H and O–H groups in total. The number of halogens is 1. The second kappa shape index (κ2) is 4.25. The second-order valence-electron chi connectivity index (χ2n) is 5.40. The van der Waals surface area contributed by atoms with E-state index in [0.717, 1.165) is 30.0 Å². The minimum atomic E-state index is 0.292.